The topological polar surface area (TPSA) is 70.1 Å². The van der Waals surface area contributed by atoms with Crippen LogP contribution in [-0.4, -0.2) is 52.4 Å². The van der Waals surface area contributed by atoms with Gasteiger partial charge in [0.25, 0.3) is 0 Å². The Morgan fingerprint density at radius 1 is 1.05 bits per heavy atom. The third-order valence-corrected chi connectivity index (χ3v) is 3.54. The highest BCUT2D eigenvalue weighted by atomic mass is 15.3. The first-order valence-electron chi connectivity index (χ1n) is 7.59. The highest BCUT2D eigenvalue weighted by Crippen LogP contribution is 2.17. The van der Waals surface area contributed by atoms with Gasteiger partial charge in [0.15, 0.2) is 5.82 Å². The second-order valence-electron chi connectivity index (χ2n) is 5.60. The maximum atomic E-state index is 4.54. The van der Waals surface area contributed by atoms with E-state index >= 15 is 0 Å². The molecule has 0 aliphatic carbocycles. The average molecular weight is 299 g/mol. The molecule has 0 bridgehead atoms. The second-order valence-corrected chi connectivity index (χ2v) is 5.60. The first kappa shape index (κ1) is 14.5. The third kappa shape index (κ3) is 3.41. The lowest BCUT2D eigenvalue weighted by atomic mass is 10.3. The summed E-state index contributed by atoms with van der Waals surface area (Å²) >= 11 is 0. The van der Waals surface area contributed by atoms with E-state index in [1.165, 1.54) is 0 Å². The van der Waals surface area contributed by atoms with Crippen molar-refractivity contribution >= 4 is 17.6 Å². The van der Waals surface area contributed by atoms with E-state index in [0.717, 1.165) is 37.8 Å². The number of hydrogen-bond donors (Lipinski definition) is 1. The van der Waals surface area contributed by atoms with Gasteiger partial charge < -0.3 is 15.1 Å². The fourth-order valence-corrected chi connectivity index (χ4v) is 2.47. The average Bonchev–Trinajstić information content (AvgIpc) is 2.55. The number of nitrogens with zero attached hydrogens (tertiary/aromatic N) is 6. The molecular weight excluding hydrogens is 278 g/mol. The SMILES string of the molecule is CC(C)Nc1nncc(N2CCN(c3ccccn3)CC2)n1. The Hall–Kier alpha value is -2.44. The molecule has 116 valence electrons. The number of nitrogens with one attached hydrogen (secondary N) is 1. The van der Waals surface area contributed by atoms with Gasteiger partial charge in [0.05, 0.1) is 6.20 Å². The van der Waals surface area contributed by atoms with E-state index < -0.39 is 0 Å². The van der Waals surface area contributed by atoms with Gasteiger partial charge in [-0.05, 0) is 26.0 Å². The predicted octanol–water partition coefficient (Wildman–Crippen LogP) is 1.41. The zero-order chi connectivity index (χ0) is 15.4. The van der Waals surface area contributed by atoms with Gasteiger partial charge in [-0.15, -0.1) is 5.10 Å². The Morgan fingerprint density at radius 2 is 1.77 bits per heavy atom. The van der Waals surface area contributed by atoms with E-state index in [4.69, 9.17) is 0 Å². The van der Waals surface area contributed by atoms with E-state index in [0.29, 0.717) is 5.95 Å². The van der Waals surface area contributed by atoms with Crippen LogP contribution < -0.4 is 15.1 Å². The standard InChI is InChI=1S/C15H21N7/c1-12(2)18-15-19-14(11-17-20-15)22-9-7-21(8-10-22)13-5-3-4-6-16-13/h3-6,11-12H,7-10H2,1-2H3,(H,18,19,20). The van der Waals surface area contributed by atoms with Crippen LogP contribution in [0.5, 0.6) is 0 Å². The minimum absolute atomic E-state index is 0.290. The van der Waals surface area contributed by atoms with Crippen molar-refractivity contribution in [2.75, 3.05) is 41.3 Å². The van der Waals surface area contributed by atoms with Crippen LogP contribution in [0, 0.1) is 0 Å². The summed E-state index contributed by atoms with van der Waals surface area (Å²) in [6.07, 6.45) is 3.56. The van der Waals surface area contributed by atoms with Crippen molar-refractivity contribution in [3.05, 3.63) is 30.6 Å². The third-order valence-electron chi connectivity index (χ3n) is 3.54. The summed E-state index contributed by atoms with van der Waals surface area (Å²) in [6.45, 7) is 7.76. The van der Waals surface area contributed by atoms with Crippen molar-refractivity contribution in [1.29, 1.82) is 0 Å². The maximum Gasteiger partial charge on any atom is 0.244 e. The summed E-state index contributed by atoms with van der Waals surface area (Å²) in [5, 5.41) is 11.3. The van der Waals surface area contributed by atoms with E-state index in [2.05, 4.69) is 49.1 Å². The van der Waals surface area contributed by atoms with Crippen molar-refractivity contribution in [2.24, 2.45) is 0 Å². The molecule has 2 aromatic rings. The molecule has 1 saturated heterocycles. The molecule has 1 aliphatic heterocycles. The summed E-state index contributed by atoms with van der Waals surface area (Å²) in [6, 6.07) is 6.30. The van der Waals surface area contributed by atoms with E-state index in [-0.39, 0.29) is 6.04 Å². The lowest BCUT2D eigenvalue weighted by molar-refractivity contribution is 0.638. The number of anilines is 3. The normalized spacial score (nSPS) is 15.2. The zero-order valence-electron chi connectivity index (χ0n) is 13.0. The van der Waals surface area contributed by atoms with E-state index in [1.54, 1.807) is 6.20 Å². The van der Waals surface area contributed by atoms with Gasteiger partial charge in [-0.2, -0.15) is 10.1 Å². The van der Waals surface area contributed by atoms with Crippen molar-refractivity contribution in [1.82, 2.24) is 20.2 Å². The van der Waals surface area contributed by atoms with Crippen LogP contribution in [0.25, 0.3) is 0 Å². The highest BCUT2D eigenvalue weighted by molar-refractivity contribution is 5.45. The molecule has 0 saturated carbocycles. The van der Waals surface area contributed by atoms with Gasteiger partial charge in [0.2, 0.25) is 5.95 Å². The Morgan fingerprint density at radius 3 is 2.41 bits per heavy atom. The molecule has 0 unspecified atom stereocenters. The van der Waals surface area contributed by atoms with Gasteiger partial charge in [-0.3, -0.25) is 0 Å². The van der Waals surface area contributed by atoms with Crippen LogP contribution in [-0.2, 0) is 0 Å². The number of piperazine rings is 1. The molecule has 1 fully saturated rings. The van der Waals surface area contributed by atoms with Crippen molar-refractivity contribution in [3.63, 3.8) is 0 Å². The molecule has 22 heavy (non-hydrogen) atoms. The maximum absolute atomic E-state index is 4.54. The first-order valence-corrected chi connectivity index (χ1v) is 7.59. The molecule has 0 radical (unpaired) electrons. The Labute approximate surface area is 130 Å². The largest absolute Gasteiger partial charge is 0.353 e. The quantitative estimate of drug-likeness (QED) is 0.915. The van der Waals surface area contributed by atoms with Crippen LogP contribution in [0.15, 0.2) is 30.6 Å². The molecule has 1 N–H and O–H groups in total. The smallest absolute Gasteiger partial charge is 0.244 e. The molecule has 3 heterocycles. The predicted molar refractivity (Wildman–Crippen MR) is 87.2 cm³/mol. The van der Waals surface area contributed by atoms with Crippen LogP contribution in [0.2, 0.25) is 0 Å². The molecule has 0 spiro atoms. The van der Waals surface area contributed by atoms with Crippen LogP contribution in [0.4, 0.5) is 17.6 Å². The van der Waals surface area contributed by atoms with Gasteiger partial charge in [0.1, 0.15) is 5.82 Å². The lowest BCUT2D eigenvalue weighted by Gasteiger charge is -2.35. The van der Waals surface area contributed by atoms with Crippen LogP contribution in [0.1, 0.15) is 13.8 Å². The van der Waals surface area contributed by atoms with Gasteiger partial charge in [-0.25, -0.2) is 4.98 Å². The summed E-state index contributed by atoms with van der Waals surface area (Å²) < 4.78 is 0. The number of aromatic nitrogens is 4. The summed E-state index contributed by atoms with van der Waals surface area (Å²) in [7, 11) is 0. The minimum atomic E-state index is 0.290. The van der Waals surface area contributed by atoms with E-state index in [9.17, 15) is 0 Å². The number of pyridine rings is 1. The summed E-state index contributed by atoms with van der Waals surface area (Å²) in [4.78, 5) is 13.5. The zero-order valence-corrected chi connectivity index (χ0v) is 13.0. The summed E-state index contributed by atoms with van der Waals surface area (Å²) in [5.41, 5.74) is 0. The number of rotatable bonds is 4. The molecular formula is C15H21N7. The van der Waals surface area contributed by atoms with Gasteiger partial charge in [0, 0.05) is 38.4 Å². The van der Waals surface area contributed by atoms with E-state index in [1.807, 2.05) is 24.4 Å². The molecule has 0 aromatic carbocycles. The first-order chi connectivity index (χ1) is 10.7. The number of hydrogen-bond acceptors (Lipinski definition) is 7. The molecule has 2 aromatic heterocycles. The van der Waals surface area contributed by atoms with Crippen LogP contribution in [0.3, 0.4) is 0 Å². The monoisotopic (exact) mass is 299 g/mol. The molecule has 1 aliphatic rings. The second kappa shape index (κ2) is 6.55. The van der Waals surface area contributed by atoms with Gasteiger partial charge in [-0.1, -0.05) is 6.07 Å². The fraction of sp³-hybridized carbons (Fsp3) is 0.467. The van der Waals surface area contributed by atoms with Crippen molar-refractivity contribution in [3.8, 4) is 0 Å². The Balaban J connectivity index is 1.64. The van der Waals surface area contributed by atoms with Gasteiger partial charge >= 0.3 is 0 Å². The fourth-order valence-electron chi connectivity index (χ4n) is 2.47. The molecule has 7 nitrogen and oxygen atoms in total. The minimum Gasteiger partial charge on any atom is -0.353 e. The summed E-state index contributed by atoms with van der Waals surface area (Å²) in [5.74, 6) is 2.49. The highest BCUT2D eigenvalue weighted by Gasteiger charge is 2.19. The Bertz CT molecular complexity index is 594. The molecule has 0 amide bonds. The molecule has 7 heteroatoms. The van der Waals surface area contributed by atoms with Crippen molar-refractivity contribution < 1.29 is 0 Å². The van der Waals surface area contributed by atoms with Crippen molar-refractivity contribution in [2.45, 2.75) is 19.9 Å². The Kier molecular flexibility index (Phi) is 4.32. The lowest BCUT2D eigenvalue weighted by Crippen LogP contribution is -2.47. The van der Waals surface area contributed by atoms with Crippen LogP contribution >= 0.6 is 0 Å². The molecule has 0 atom stereocenters. The molecule has 3 rings (SSSR count).